The number of hydrogen-bond acceptors (Lipinski definition) is 6. The molecule has 0 aliphatic carbocycles. The molecule has 8 nitrogen and oxygen atoms in total. The molecule has 2 amide bonds. The molecule has 0 radical (unpaired) electrons. The van der Waals surface area contributed by atoms with Crippen molar-refractivity contribution < 1.29 is 18.7 Å². The molecule has 1 aliphatic heterocycles. The maximum atomic E-state index is 14.9. The number of rotatable bonds is 11. The summed E-state index contributed by atoms with van der Waals surface area (Å²) in [6.45, 7) is 3.46. The van der Waals surface area contributed by atoms with Gasteiger partial charge < -0.3 is 26.8 Å². The summed E-state index contributed by atoms with van der Waals surface area (Å²) in [7, 11) is 0. The van der Waals surface area contributed by atoms with E-state index in [1.807, 2.05) is 24.3 Å². The number of nitrogens with zero attached hydrogens (tertiary/aromatic N) is 1. The van der Waals surface area contributed by atoms with Gasteiger partial charge in [0, 0.05) is 30.9 Å². The van der Waals surface area contributed by atoms with Crippen molar-refractivity contribution in [1.82, 2.24) is 10.6 Å². The average molecular weight is 470 g/mol. The quantitative estimate of drug-likeness (QED) is 0.375. The normalized spacial score (nSPS) is 15.9. The fourth-order valence-corrected chi connectivity index (χ4v) is 3.70. The Kier molecular flexibility index (Phi) is 8.86. The predicted octanol–water partition coefficient (Wildman–Crippen LogP) is 2.97. The fourth-order valence-electron chi connectivity index (χ4n) is 3.70. The molecule has 9 heteroatoms. The maximum Gasteiger partial charge on any atom is 0.414 e. The summed E-state index contributed by atoms with van der Waals surface area (Å²) < 4.78 is 20.1. The highest BCUT2D eigenvalue weighted by molar-refractivity contribution is 5.90. The van der Waals surface area contributed by atoms with Crippen LogP contribution in [0.15, 0.2) is 54.4 Å². The number of allylic oxidation sites excluding steroid dienone is 1. The van der Waals surface area contributed by atoms with Crippen LogP contribution in [0, 0.1) is 5.82 Å². The van der Waals surface area contributed by atoms with E-state index in [9.17, 15) is 14.0 Å². The number of halogens is 1. The zero-order valence-electron chi connectivity index (χ0n) is 19.4. The van der Waals surface area contributed by atoms with Crippen molar-refractivity contribution in [3.63, 3.8) is 0 Å². The van der Waals surface area contributed by atoms with E-state index in [1.54, 1.807) is 12.1 Å². The molecule has 2 aromatic carbocycles. The summed E-state index contributed by atoms with van der Waals surface area (Å²) in [4.78, 5) is 24.6. The maximum absolute atomic E-state index is 14.9. The van der Waals surface area contributed by atoms with Gasteiger partial charge in [0.05, 0.1) is 18.8 Å². The summed E-state index contributed by atoms with van der Waals surface area (Å²) in [6.07, 6.45) is 3.19. The molecule has 1 unspecified atom stereocenters. The number of nitrogens with two attached hydrogens (primary N) is 2. The standard InChI is InChI=1S/C25H32FN5O3/c1-17(32)30-15-22-16-31(25(33)34-22)21-9-10-23(24(26)12-21)19-7-5-18(6-8-19)14-29-11-3-2-4-20(28)13-27/h5-10,12-13,22,29H,2-4,11,14-16,27-28H2,1H3,(H,30,32)/b20-13-. The molecule has 0 aromatic heterocycles. The fraction of sp³-hybridized carbons (Fsp3) is 0.360. The number of nitrogens with one attached hydrogen (secondary N) is 2. The van der Waals surface area contributed by atoms with Crippen LogP contribution < -0.4 is 27.0 Å². The molecule has 34 heavy (non-hydrogen) atoms. The van der Waals surface area contributed by atoms with Crippen LogP contribution in [0.5, 0.6) is 0 Å². The molecule has 0 bridgehead atoms. The minimum absolute atomic E-state index is 0.201. The Bertz CT molecular complexity index is 1030. The van der Waals surface area contributed by atoms with Gasteiger partial charge in [-0.3, -0.25) is 9.69 Å². The molecule has 1 fully saturated rings. The summed E-state index contributed by atoms with van der Waals surface area (Å²) >= 11 is 0. The predicted molar refractivity (Wildman–Crippen MR) is 130 cm³/mol. The van der Waals surface area contributed by atoms with Crippen molar-refractivity contribution in [3.8, 4) is 11.1 Å². The average Bonchev–Trinajstić information content (AvgIpc) is 3.20. The van der Waals surface area contributed by atoms with Gasteiger partial charge in [-0.25, -0.2) is 9.18 Å². The first-order valence-electron chi connectivity index (χ1n) is 11.4. The third-order valence-electron chi connectivity index (χ3n) is 5.59. The first-order valence-corrected chi connectivity index (χ1v) is 11.4. The van der Waals surface area contributed by atoms with Crippen LogP contribution in [-0.2, 0) is 16.1 Å². The highest BCUT2D eigenvalue weighted by atomic mass is 19.1. The van der Waals surface area contributed by atoms with Gasteiger partial charge in [0.25, 0.3) is 0 Å². The van der Waals surface area contributed by atoms with E-state index in [1.165, 1.54) is 24.1 Å². The minimum atomic E-state index is -0.557. The van der Waals surface area contributed by atoms with Gasteiger partial charge in [-0.15, -0.1) is 0 Å². The van der Waals surface area contributed by atoms with E-state index in [0.717, 1.165) is 43.5 Å². The number of cyclic esters (lactones) is 1. The zero-order valence-corrected chi connectivity index (χ0v) is 19.4. The molecule has 1 aliphatic rings. The van der Waals surface area contributed by atoms with Crippen molar-refractivity contribution in [2.45, 2.75) is 38.8 Å². The van der Waals surface area contributed by atoms with Crippen LogP contribution >= 0.6 is 0 Å². The van der Waals surface area contributed by atoms with Crippen molar-refractivity contribution >= 4 is 17.7 Å². The number of hydrogen-bond donors (Lipinski definition) is 4. The topological polar surface area (TPSA) is 123 Å². The Morgan fingerprint density at radius 3 is 2.68 bits per heavy atom. The second kappa shape index (κ2) is 12.0. The molecule has 1 saturated heterocycles. The van der Waals surface area contributed by atoms with Gasteiger partial charge in [0.2, 0.25) is 5.91 Å². The molecule has 1 atom stereocenters. The highest BCUT2D eigenvalue weighted by Crippen LogP contribution is 2.29. The minimum Gasteiger partial charge on any atom is -0.442 e. The molecule has 182 valence electrons. The number of unbranched alkanes of at least 4 members (excludes halogenated alkanes) is 1. The first kappa shape index (κ1) is 25.0. The van der Waals surface area contributed by atoms with Gasteiger partial charge in [-0.05, 0) is 55.1 Å². The van der Waals surface area contributed by atoms with Crippen LogP contribution in [0.3, 0.4) is 0 Å². The van der Waals surface area contributed by atoms with Crippen molar-refractivity contribution in [3.05, 3.63) is 65.7 Å². The molecule has 2 aromatic rings. The van der Waals surface area contributed by atoms with Crippen molar-refractivity contribution in [2.75, 3.05) is 24.5 Å². The lowest BCUT2D eigenvalue weighted by atomic mass is 10.0. The third kappa shape index (κ3) is 6.95. The molecule has 1 heterocycles. The SMILES string of the molecule is CC(=O)NCC1CN(c2ccc(-c3ccc(CNCCCC/C(N)=C/N)cc3)c(F)c2)C(=O)O1. The van der Waals surface area contributed by atoms with Crippen LogP contribution in [0.25, 0.3) is 11.1 Å². The van der Waals surface area contributed by atoms with Gasteiger partial charge in [-0.2, -0.15) is 0 Å². The number of carbonyl (C=O) groups is 2. The smallest absolute Gasteiger partial charge is 0.414 e. The van der Waals surface area contributed by atoms with Gasteiger partial charge >= 0.3 is 6.09 Å². The van der Waals surface area contributed by atoms with Crippen LogP contribution in [-0.4, -0.2) is 37.7 Å². The number of carbonyl (C=O) groups excluding carboxylic acids is 2. The van der Waals surface area contributed by atoms with E-state index in [4.69, 9.17) is 16.2 Å². The Labute approximate surface area is 199 Å². The molecule has 6 N–H and O–H groups in total. The van der Waals surface area contributed by atoms with E-state index in [-0.39, 0.29) is 19.0 Å². The molecule has 0 saturated carbocycles. The van der Waals surface area contributed by atoms with Crippen molar-refractivity contribution in [2.24, 2.45) is 11.5 Å². The molecule has 3 rings (SSSR count). The van der Waals surface area contributed by atoms with Crippen LogP contribution in [0.1, 0.15) is 31.7 Å². The van der Waals surface area contributed by atoms with Gasteiger partial charge in [-0.1, -0.05) is 24.3 Å². The number of ether oxygens (including phenoxy) is 1. The van der Waals surface area contributed by atoms with Crippen LogP contribution in [0.2, 0.25) is 0 Å². The Morgan fingerprint density at radius 1 is 1.24 bits per heavy atom. The Morgan fingerprint density at radius 2 is 2.00 bits per heavy atom. The lowest BCUT2D eigenvalue weighted by Crippen LogP contribution is -2.33. The van der Waals surface area contributed by atoms with Gasteiger partial charge in [0.1, 0.15) is 11.9 Å². The molecular formula is C25H32FN5O3. The molecular weight excluding hydrogens is 437 g/mol. The summed E-state index contributed by atoms with van der Waals surface area (Å²) in [5, 5.41) is 6.01. The van der Waals surface area contributed by atoms with E-state index >= 15 is 0 Å². The van der Waals surface area contributed by atoms with Crippen LogP contribution in [0.4, 0.5) is 14.9 Å². The van der Waals surface area contributed by atoms with E-state index < -0.39 is 18.0 Å². The lowest BCUT2D eigenvalue weighted by Gasteiger charge is -2.15. The largest absolute Gasteiger partial charge is 0.442 e. The third-order valence-corrected chi connectivity index (χ3v) is 5.59. The van der Waals surface area contributed by atoms with E-state index in [0.29, 0.717) is 16.9 Å². The zero-order chi connectivity index (χ0) is 24.5. The number of amides is 2. The second-order valence-corrected chi connectivity index (χ2v) is 8.29. The summed E-state index contributed by atoms with van der Waals surface area (Å²) in [5.74, 6) is -0.624. The van der Waals surface area contributed by atoms with Crippen molar-refractivity contribution in [1.29, 1.82) is 0 Å². The van der Waals surface area contributed by atoms with Gasteiger partial charge in [0.15, 0.2) is 0 Å². The summed E-state index contributed by atoms with van der Waals surface area (Å²) in [6, 6.07) is 12.4. The Hall–Kier alpha value is -3.59. The monoisotopic (exact) mass is 469 g/mol. The Balaban J connectivity index is 1.53. The number of anilines is 1. The lowest BCUT2D eigenvalue weighted by molar-refractivity contribution is -0.119. The first-order chi connectivity index (χ1) is 16.4. The molecule has 0 spiro atoms. The highest BCUT2D eigenvalue weighted by Gasteiger charge is 2.32. The van der Waals surface area contributed by atoms with E-state index in [2.05, 4.69) is 10.6 Å². The second-order valence-electron chi connectivity index (χ2n) is 8.29. The number of benzene rings is 2. The summed E-state index contributed by atoms with van der Waals surface area (Å²) in [5.41, 5.74) is 14.5.